The Balaban J connectivity index is 1.34. The Bertz CT molecular complexity index is 1030. The maximum Gasteiger partial charge on any atom is 0.253 e. The van der Waals surface area contributed by atoms with E-state index in [1.165, 1.54) is 5.56 Å². The molecule has 6 heteroatoms. The minimum atomic E-state index is -0.0499. The van der Waals surface area contributed by atoms with Crippen LogP contribution in [0.1, 0.15) is 39.8 Å². The number of piperazine rings is 1. The molecule has 0 bridgehead atoms. The molecule has 6 nitrogen and oxygen atoms in total. The molecule has 0 radical (unpaired) electrons. The zero-order valence-electron chi connectivity index (χ0n) is 19.3. The molecular weight excluding hydrogens is 398 g/mol. The van der Waals surface area contributed by atoms with Crippen LogP contribution in [0.25, 0.3) is 5.69 Å². The lowest BCUT2D eigenvalue weighted by molar-refractivity contribution is 0.0950. The molecule has 1 aromatic carbocycles. The summed E-state index contributed by atoms with van der Waals surface area (Å²) in [6, 6.07) is 14.5. The van der Waals surface area contributed by atoms with Gasteiger partial charge < -0.3 is 14.8 Å². The molecule has 3 aromatic rings. The largest absolute Gasteiger partial charge is 0.348 e. The van der Waals surface area contributed by atoms with Gasteiger partial charge in [-0.1, -0.05) is 31.2 Å². The molecular formula is C26H33N5O. The molecule has 0 unspecified atom stereocenters. The highest BCUT2D eigenvalue weighted by atomic mass is 16.1. The zero-order chi connectivity index (χ0) is 22.5. The van der Waals surface area contributed by atoms with Crippen molar-refractivity contribution in [3.05, 3.63) is 82.9 Å². The molecule has 0 atom stereocenters. The molecule has 3 heterocycles. The fraction of sp³-hybridized carbons (Fsp3) is 0.385. The maximum absolute atomic E-state index is 12.9. The van der Waals surface area contributed by atoms with Gasteiger partial charge in [-0.15, -0.1) is 0 Å². The highest BCUT2D eigenvalue weighted by molar-refractivity contribution is 5.95. The Morgan fingerprint density at radius 3 is 2.34 bits per heavy atom. The van der Waals surface area contributed by atoms with E-state index in [9.17, 15) is 4.79 Å². The summed E-state index contributed by atoms with van der Waals surface area (Å²) in [5.41, 5.74) is 6.04. The lowest BCUT2D eigenvalue weighted by atomic mass is 10.1. The molecule has 2 aromatic heterocycles. The molecule has 168 valence electrons. The van der Waals surface area contributed by atoms with Crippen molar-refractivity contribution >= 4 is 5.91 Å². The topological polar surface area (TPSA) is 53.4 Å². The van der Waals surface area contributed by atoms with Crippen LogP contribution in [0.3, 0.4) is 0 Å². The van der Waals surface area contributed by atoms with Gasteiger partial charge in [0.1, 0.15) is 0 Å². The van der Waals surface area contributed by atoms with Crippen molar-refractivity contribution in [2.45, 2.75) is 33.9 Å². The van der Waals surface area contributed by atoms with Gasteiger partial charge in [-0.05, 0) is 49.7 Å². The number of rotatable bonds is 7. The molecule has 1 fully saturated rings. The second kappa shape index (κ2) is 10.1. The molecule has 4 rings (SSSR count). The van der Waals surface area contributed by atoms with Gasteiger partial charge in [0, 0.05) is 56.9 Å². The number of pyridine rings is 1. The number of hydrogen-bond acceptors (Lipinski definition) is 4. The predicted octanol–water partition coefficient (Wildman–Crippen LogP) is 3.56. The number of aromatic nitrogens is 2. The van der Waals surface area contributed by atoms with Gasteiger partial charge in [-0.25, -0.2) is 0 Å². The summed E-state index contributed by atoms with van der Waals surface area (Å²) < 4.78 is 2.07. The van der Waals surface area contributed by atoms with Gasteiger partial charge in [-0.3, -0.25) is 14.7 Å². The van der Waals surface area contributed by atoms with Gasteiger partial charge >= 0.3 is 0 Å². The molecule has 0 saturated carbocycles. The van der Waals surface area contributed by atoms with Crippen molar-refractivity contribution in [1.82, 2.24) is 24.7 Å². The number of amides is 1. The number of aryl methyl sites for hydroxylation is 1. The quantitative estimate of drug-likeness (QED) is 0.622. The third kappa shape index (κ3) is 5.09. The van der Waals surface area contributed by atoms with Crippen LogP contribution in [0.2, 0.25) is 0 Å². The molecule has 0 aliphatic carbocycles. The van der Waals surface area contributed by atoms with Gasteiger partial charge in [0.05, 0.1) is 17.4 Å². The Morgan fingerprint density at radius 2 is 1.69 bits per heavy atom. The number of carbonyl (C=O) groups is 1. The molecule has 1 saturated heterocycles. The molecule has 0 spiro atoms. The van der Waals surface area contributed by atoms with E-state index in [1.54, 1.807) is 6.20 Å². The average Bonchev–Trinajstić information content (AvgIpc) is 3.13. The van der Waals surface area contributed by atoms with E-state index in [0.29, 0.717) is 12.1 Å². The molecule has 1 N–H and O–H groups in total. The van der Waals surface area contributed by atoms with Crippen LogP contribution in [0.15, 0.2) is 54.9 Å². The van der Waals surface area contributed by atoms with Gasteiger partial charge in [-0.2, -0.15) is 0 Å². The van der Waals surface area contributed by atoms with Crippen LogP contribution in [0, 0.1) is 13.8 Å². The first-order chi connectivity index (χ1) is 15.5. The summed E-state index contributed by atoms with van der Waals surface area (Å²) >= 11 is 0. The van der Waals surface area contributed by atoms with Crippen LogP contribution >= 0.6 is 0 Å². The Hall–Kier alpha value is -2.96. The van der Waals surface area contributed by atoms with E-state index >= 15 is 0 Å². The zero-order valence-corrected chi connectivity index (χ0v) is 19.3. The smallest absolute Gasteiger partial charge is 0.253 e. The molecule has 1 aliphatic heterocycles. The van der Waals surface area contributed by atoms with Gasteiger partial charge in [0.25, 0.3) is 5.91 Å². The second-order valence-electron chi connectivity index (χ2n) is 8.54. The molecule has 32 heavy (non-hydrogen) atoms. The lowest BCUT2D eigenvalue weighted by Crippen LogP contribution is -2.45. The fourth-order valence-corrected chi connectivity index (χ4v) is 4.44. The minimum Gasteiger partial charge on any atom is -0.348 e. The number of nitrogens with one attached hydrogen (secondary N) is 1. The summed E-state index contributed by atoms with van der Waals surface area (Å²) in [5.74, 6) is -0.0499. The van der Waals surface area contributed by atoms with E-state index in [4.69, 9.17) is 0 Å². The summed E-state index contributed by atoms with van der Waals surface area (Å²) in [7, 11) is 0. The first-order valence-electron chi connectivity index (χ1n) is 11.4. The van der Waals surface area contributed by atoms with Crippen LogP contribution in [0.5, 0.6) is 0 Å². The average molecular weight is 432 g/mol. The van der Waals surface area contributed by atoms with Crippen LogP contribution < -0.4 is 5.32 Å². The fourth-order valence-electron chi connectivity index (χ4n) is 4.44. The number of likely N-dealkylation sites (N-methyl/N-ethyl adjacent to an activating group) is 1. The monoisotopic (exact) mass is 431 g/mol. The van der Waals surface area contributed by atoms with Crippen molar-refractivity contribution in [3.8, 4) is 5.69 Å². The summed E-state index contributed by atoms with van der Waals surface area (Å²) in [6.45, 7) is 13.4. The highest BCUT2D eigenvalue weighted by Crippen LogP contribution is 2.20. The van der Waals surface area contributed by atoms with Crippen molar-refractivity contribution in [3.63, 3.8) is 0 Å². The number of hydrogen-bond donors (Lipinski definition) is 1. The maximum atomic E-state index is 12.9. The number of nitrogens with zero attached hydrogens (tertiary/aromatic N) is 4. The van der Waals surface area contributed by atoms with Gasteiger partial charge in [0.15, 0.2) is 0 Å². The lowest BCUT2D eigenvalue weighted by Gasteiger charge is -2.34. The first kappa shape index (κ1) is 22.2. The van der Waals surface area contributed by atoms with Gasteiger partial charge in [0.2, 0.25) is 0 Å². The van der Waals surface area contributed by atoms with E-state index in [0.717, 1.165) is 61.9 Å². The third-order valence-corrected chi connectivity index (χ3v) is 6.37. The van der Waals surface area contributed by atoms with E-state index in [-0.39, 0.29) is 5.91 Å². The molecule has 1 aliphatic rings. The van der Waals surface area contributed by atoms with Crippen molar-refractivity contribution < 1.29 is 4.79 Å². The van der Waals surface area contributed by atoms with Crippen molar-refractivity contribution in [2.75, 3.05) is 32.7 Å². The minimum absolute atomic E-state index is 0.0499. The normalized spacial score (nSPS) is 15.1. The Kier molecular flexibility index (Phi) is 7.02. The van der Waals surface area contributed by atoms with Crippen molar-refractivity contribution in [1.29, 1.82) is 0 Å². The highest BCUT2D eigenvalue weighted by Gasteiger charge is 2.17. The van der Waals surface area contributed by atoms with E-state index < -0.39 is 0 Å². The van der Waals surface area contributed by atoms with Crippen LogP contribution in [-0.2, 0) is 13.1 Å². The van der Waals surface area contributed by atoms with E-state index in [2.05, 4.69) is 55.9 Å². The summed E-state index contributed by atoms with van der Waals surface area (Å²) in [6.07, 6.45) is 3.57. The van der Waals surface area contributed by atoms with Crippen LogP contribution in [-0.4, -0.2) is 58.0 Å². The Morgan fingerprint density at radius 1 is 1.00 bits per heavy atom. The second-order valence-corrected chi connectivity index (χ2v) is 8.54. The first-order valence-corrected chi connectivity index (χ1v) is 11.4. The SMILES string of the molecule is CCN1CCN(Cc2ccc(CNC(=O)c3cc(C)n(-c4cccnc4)c3C)cc2)CC1. The van der Waals surface area contributed by atoms with Crippen LogP contribution in [0.4, 0.5) is 0 Å². The summed E-state index contributed by atoms with van der Waals surface area (Å²) in [4.78, 5) is 22.1. The summed E-state index contributed by atoms with van der Waals surface area (Å²) in [5, 5.41) is 3.08. The standard InChI is InChI=1S/C26H33N5O/c1-4-29-12-14-30(15-13-29)19-23-9-7-22(8-10-23)17-28-26(32)25-16-20(2)31(21(25)3)24-6-5-11-27-18-24/h5-11,16,18H,4,12-15,17,19H2,1-3H3,(H,28,32). The Labute approximate surface area is 190 Å². The predicted molar refractivity (Wildman–Crippen MR) is 128 cm³/mol. The van der Waals surface area contributed by atoms with Crippen molar-refractivity contribution in [2.24, 2.45) is 0 Å². The number of carbonyl (C=O) groups excluding carboxylic acids is 1. The third-order valence-electron chi connectivity index (χ3n) is 6.37. The van der Waals surface area contributed by atoms with E-state index in [1.807, 2.05) is 38.2 Å². The molecule has 1 amide bonds. The number of benzene rings is 1.